The Balaban J connectivity index is 2.91. The second kappa shape index (κ2) is 3.51. The molecule has 0 aliphatic carbocycles. The predicted molar refractivity (Wildman–Crippen MR) is 50.0 cm³/mol. The summed E-state index contributed by atoms with van der Waals surface area (Å²) < 4.78 is 5.01. The molecular weight excluding hydrogens is 172 g/mol. The van der Waals surface area contributed by atoms with Crippen molar-refractivity contribution in [3.63, 3.8) is 0 Å². The molecule has 0 aliphatic rings. The van der Waals surface area contributed by atoms with Gasteiger partial charge < -0.3 is 10.5 Å². The van der Waals surface area contributed by atoms with Crippen LogP contribution in [0.1, 0.15) is 24.4 Å². The Labute approximate surface area is 76.6 Å². The van der Waals surface area contributed by atoms with Gasteiger partial charge in [0.1, 0.15) is 0 Å². The molecule has 0 aliphatic heterocycles. The first-order valence-corrected chi connectivity index (χ1v) is 4.64. The van der Waals surface area contributed by atoms with Crippen LogP contribution in [0.3, 0.4) is 0 Å². The maximum atomic E-state index is 5.95. The first-order chi connectivity index (χ1) is 5.55. The fourth-order valence-electron chi connectivity index (χ4n) is 1.03. The van der Waals surface area contributed by atoms with Gasteiger partial charge in [0.25, 0.3) is 0 Å². The molecule has 1 aromatic rings. The molecule has 1 rings (SSSR count). The zero-order chi connectivity index (χ0) is 9.19. The van der Waals surface area contributed by atoms with Crippen LogP contribution in [0.25, 0.3) is 0 Å². The molecule has 0 fully saturated rings. The lowest BCUT2D eigenvalue weighted by atomic mass is 10.0. The van der Waals surface area contributed by atoms with Gasteiger partial charge in [-0.3, -0.25) is 0 Å². The fourth-order valence-corrected chi connectivity index (χ4v) is 1.87. The average Bonchev–Trinajstić information content (AvgIpc) is 2.34. The summed E-state index contributed by atoms with van der Waals surface area (Å²) in [5.41, 5.74) is 8.39. The first kappa shape index (κ1) is 9.64. The highest BCUT2D eigenvalue weighted by Crippen LogP contribution is 2.25. The number of nitrogens with zero attached hydrogens (tertiary/aromatic N) is 1. The Morgan fingerprint density at radius 2 is 2.33 bits per heavy atom. The molecular formula is C8H14N2OS. The number of aromatic nitrogens is 1. The highest BCUT2D eigenvalue weighted by atomic mass is 32.1. The Hall–Kier alpha value is -0.450. The van der Waals surface area contributed by atoms with E-state index in [2.05, 4.69) is 4.98 Å². The van der Waals surface area contributed by atoms with Crippen molar-refractivity contribution in [1.29, 1.82) is 0 Å². The van der Waals surface area contributed by atoms with Crippen molar-refractivity contribution in [2.75, 3.05) is 7.11 Å². The molecule has 68 valence electrons. The lowest BCUT2D eigenvalue weighted by molar-refractivity contribution is 0.180. The molecule has 0 aromatic carbocycles. The quantitative estimate of drug-likeness (QED) is 0.778. The number of thiazole rings is 1. The smallest absolute Gasteiger partial charge is 0.0896 e. The molecule has 1 heterocycles. The van der Waals surface area contributed by atoms with Crippen molar-refractivity contribution >= 4 is 11.3 Å². The third kappa shape index (κ3) is 2.03. The van der Waals surface area contributed by atoms with Crippen LogP contribution in [0.2, 0.25) is 0 Å². The molecule has 0 spiro atoms. The number of methoxy groups -OCH3 is 1. The summed E-state index contributed by atoms with van der Waals surface area (Å²) in [5, 5.41) is 0. The molecule has 0 radical (unpaired) electrons. The van der Waals surface area contributed by atoms with Crippen LogP contribution in [-0.2, 0) is 16.9 Å². The number of nitrogens with two attached hydrogens (primary N) is 1. The van der Waals surface area contributed by atoms with Gasteiger partial charge in [-0.15, -0.1) is 11.3 Å². The zero-order valence-electron chi connectivity index (χ0n) is 7.63. The standard InChI is InChI=1S/C8H14N2OS/c1-8(2,9)7-6(4-11-3)10-5-12-7/h5H,4,9H2,1-3H3. The highest BCUT2D eigenvalue weighted by Gasteiger charge is 2.20. The van der Waals surface area contributed by atoms with Crippen molar-refractivity contribution in [1.82, 2.24) is 4.98 Å². The van der Waals surface area contributed by atoms with E-state index in [0.29, 0.717) is 6.61 Å². The van der Waals surface area contributed by atoms with Crippen LogP contribution < -0.4 is 5.73 Å². The van der Waals surface area contributed by atoms with Gasteiger partial charge in [0.05, 0.1) is 17.8 Å². The number of ether oxygens (including phenoxy) is 1. The third-order valence-electron chi connectivity index (χ3n) is 1.51. The highest BCUT2D eigenvalue weighted by molar-refractivity contribution is 7.09. The van der Waals surface area contributed by atoms with Crippen molar-refractivity contribution in [2.45, 2.75) is 26.0 Å². The second-order valence-electron chi connectivity index (χ2n) is 3.28. The Bertz CT molecular complexity index is 252. The Morgan fingerprint density at radius 1 is 1.67 bits per heavy atom. The van der Waals surface area contributed by atoms with Crippen molar-refractivity contribution < 1.29 is 4.74 Å². The van der Waals surface area contributed by atoms with Gasteiger partial charge in [-0.1, -0.05) is 0 Å². The van der Waals surface area contributed by atoms with Crippen LogP contribution in [0.15, 0.2) is 5.51 Å². The molecule has 1 aromatic heterocycles. The molecule has 0 saturated carbocycles. The van der Waals surface area contributed by atoms with Crippen molar-refractivity contribution in [2.24, 2.45) is 5.73 Å². The molecule has 2 N–H and O–H groups in total. The SMILES string of the molecule is COCc1ncsc1C(C)(C)N. The van der Waals surface area contributed by atoms with Crippen molar-refractivity contribution in [3.8, 4) is 0 Å². The van der Waals surface area contributed by atoms with E-state index in [1.54, 1.807) is 24.0 Å². The molecule has 0 atom stereocenters. The van der Waals surface area contributed by atoms with Crippen LogP contribution in [-0.4, -0.2) is 12.1 Å². The maximum Gasteiger partial charge on any atom is 0.0896 e. The van der Waals surface area contributed by atoms with E-state index in [-0.39, 0.29) is 5.54 Å². The van der Waals surface area contributed by atoms with Crippen LogP contribution in [0, 0.1) is 0 Å². The summed E-state index contributed by atoms with van der Waals surface area (Å²) in [5.74, 6) is 0. The minimum atomic E-state index is -0.310. The summed E-state index contributed by atoms with van der Waals surface area (Å²) in [4.78, 5) is 5.29. The molecule has 3 nitrogen and oxygen atoms in total. The monoisotopic (exact) mass is 186 g/mol. The maximum absolute atomic E-state index is 5.95. The molecule has 0 saturated heterocycles. The van der Waals surface area contributed by atoms with Crippen molar-refractivity contribution in [3.05, 3.63) is 16.1 Å². The van der Waals surface area contributed by atoms with Gasteiger partial charge in [0.2, 0.25) is 0 Å². The number of hydrogen-bond donors (Lipinski definition) is 1. The minimum absolute atomic E-state index is 0.310. The van der Waals surface area contributed by atoms with Gasteiger partial charge in [-0.05, 0) is 13.8 Å². The lowest BCUT2D eigenvalue weighted by Gasteiger charge is -2.17. The average molecular weight is 186 g/mol. The van der Waals surface area contributed by atoms with E-state index in [1.807, 2.05) is 13.8 Å². The molecule has 4 heteroatoms. The summed E-state index contributed by atoms with van der Waals surface area (Å²) in [6.07, 6.45) is 0. The molecule has 0 unspecified atom stereocenters. The predicted octanol–water partition coefficient (Wildman–Crippen LogP) is 1.48. The molecule has 12 heavy (non-hydrogen) atoms. The largest absolute Gasteiger partial charge is 0.378 e. The molecule has 0 bridgehead atoms. The first-order valence-electron chi connectivity index (χ1n) is 3.76. The van der Waals surface area contributed by atoms with Gasteiger partial charge in [-0.2, -0.15) is 0 Å². The molecule has 0 amide bonds. The summed E-state index contributed by atoms with van der Waals surface area (Å²) in [6.45, 7) is 4.48. The summed E-state index contributed by atoms with van der Waals surface area (Å²) >= 11 is 1.58. The summed E-state index contributed by atoms with van der Waals surface area (Å²) in [6, 6.07) is 0. The van der Waals surface area contributed by atoms with Crippen LogP contribution in [0.4, 0.5) is 0 Å². The minimum Gasteiger partial charge on any atom is -0.378 e. The normalized spacial score (nSPS) is 12.0. The Morgan fingerprint density at radius 3 is 2.83 bits per heavy atom. The third-order valence-corrected chi connectivity index (χ3v) is 2.72. The number of hydrogen-bond acceptors (Lipinski definition) is 4. The zero-order valence-corrected chi connectivity index (χ0v) is 8.44. The fraction of sp³-hybridized carbons (Fsp3) is 0.625. The Kier molecular flexibility index (Phi) is 2.82. The van der Waals surface area contributed by atoms with Gasteiger partial charge >= 0.3 is 0 Å². The second-order valence-corrected chi connectivity index (χ2v) is 4.14. The summed E-state index contributed by atoms with van der Waals surface area (Å²) in [7, 11) is 1.66. The van der Waals surface area contributed by atoms with Crippen LogP contribution >= 0.6 is 11.3 Å². The van der Waals surface area contributed by atoms with E-state index < -0.39 is 0 Å². The van der Waals surface area contributed by atoms with Gasteiger partial charge in [0, 0.05) is 17.5 Å². The van der Waals surface area contributed by atoms with E-state index in [9.17, 15) is 0 Å². The number of rotatable bonds is 3. The van der Waals surface area contributed by atoms with Gasteiger partial charge in [-0.25, -0.2) is 4.98 Å². The topological polar surface area (TPSA) is 48.1 Å². The van der Waals surface area contributed by atoms with E-state index in [0.717, 1.165) is 10.6 Å². The van der Waals surface area contributed by atoms with Gasteiger partial charge in [0.15, 0.2) is 0 Å². The van der Waals surface area contributed by atoms with E-state index >= 15 is 0 Å². The van der Waals surface area contributed by atoms with Crippen LogP contribution in [0.5, 0.6) is 0 Å². The van der Waals surface area contributed by atoms with E-state index in [1.165, 1.54) is 0 Å². The van der Waals surface area contributed by atoms with E-state index in [4.69, 9.17) is 10.5 Å². The lowest BCUT2D eigenvalue weighted by Crippen LogP contribution is -2.28.